The van der Waals surface area contributed by atoms with Crippen LogP contribution in [0.1, 0.15) is 19.8 Å². The van der Waals surface area contributed by atoms with E-state index in [0.29, 0.717) is 6.54 Å². The Morgan fingerprint density at radius 3 is 3.00 bits per heavy atom. The van der Waals surface area contributed by atoms with Gasteiger partial charge in [0, 0.05) is 6.54 Å². The fourth-order valence-corrected chi connectivity index (χ4v) is 0.672. The number of nitrogens with zero attached hydrogens (tertiary/aromatic N) is 3. The quantitative estimate of drug-likeness (QED) is 0.633. The molecule has 5 nitrogen and oxygen atoms in total. The maximum atomic E-state index is 10.7. The maximum absolute atomic E-state index is 10.7. The molecule has 0 fully saturated rings. The molecule has 0 aliphatic rings. The number of hydrogen-bond donors (Lipinski definition) is 1. The molecule has 0 aromatic carbocycles. The monoisotopic (exact) mass is 142 g/mol. The summed E-state index contributed by atoms with van der Waals surface area (Å²) in [5, 5.41) is 9.13. The number of H-pyrrole nitrogens is 1. The van der Waals surface area contributed by atoms with Crippen LogP contribution in [0.3, 0.4) is 0 Å². The summed E-state index contributed by atoms with van der Waals surface area (Å²) in [6.07, 6.45) is 2.02. The Labute approximate surface area is 58.0 Å². The Kier molecular flexibility index (Phi) is 2.20. The molecule has 0 saturated heterocycles. The van der Waals surface area contributed by atoms with E-state index in [4.69, 9.17) is 0 Å². The molecular weight excluding hydrogens is 132 g/mol. The van der Waals surface area contributed by atoms with Gasteiger partial charge in [0.1, 0.15) is 0 Å². The molecule has 0 unspecified atom stereocenters. The van der Waals surface area contributed by atoms with Gasteiger partial charge in [-0.1, -0.05) is 13.3 Å². The number of tetrazole rings is 1. The van der Waals surface area contributed by atoms with Crippen molar-refractivity contribution in [3.8, 4) is 0 Å². The van der Waals surface area contributed by atoms with Crippen LogP contribution < -0.4 is 5.69 Å². The van der Waals surface area contributed by atoms with Gasteiger partial charge in [-0.15, -0.1) is 0 Å². The Hall–Kier alpha value is -1.13. The van der Waals surface area contributed by atoms with Gasteiger partial charge in [0.25, 0.3) is 0 Å². The van der Waals surface area contributed by atoms with Crippen molar-refractivity contribution < 1.29 is 0 Å². The summed E-state index contributed by atoms with van der Waals surface area (Å²) in [6, 6.07) is 0. The molecule has 5 heteroatoms. The molecule has 0 bridgehead atoms. The topological polar surface area (TPSA) is 63.6 Å². The third kappa shape index (κ3) is 1.43. The summed E-state index contributed by atoms with van der Waals surface area (Å²) >= 11 is 0. The highest BCUT2D eigenvalue weighted by atomic mass is 16.2. The van der Waals surface area contributed by atoms with Crippen molar-refractivity contribution in [1.82, 2.24) is 20.2 Å². The van der Waals surface area contributed by atoms with Crippen molar-refractivity contribution in [2.75, 3.05) is 0 Å². The number of aromatic amines is 1. The van der Waals surface area contributed by atoms with Gasteiger partial charge < -0.3 is 0 Å². The predicted molar refractivity (Wildman–Crippen MR) is 35.6 cm³/mol. The van der Waals surface area contributed by atoms with E-state index in [1.165, 1.54) is 4.68 Å². The van der Waals surface area contributed by atoms with E-state index >= 15 is 0 Å². The maximum Gasteiger partial charge on any atom is 0.361 e. The van der Waals surface area contributed by atoms with Crippen molar-refractivity contribution in [1.29, 1.82) is 0 Å². The SMILES string of the molecule is CCCCn1nn[nH]c1=O. The summed E-state index contributed by atoms with van der Waals surface area (Å²) in [7, 11) is 0. The number of unbranched alkanes of at least 4 members (excludes halogenated alkanes) is 1. The zero-order valence-electron chi connectivity index (χ0n) is 5.87. The second-order valence-electron chi connectivity index (χ2n) is 2.08. The largest absolute Gasteiger partial charge is 0.361 e. The molecule has 0 spiro atoms. The van der Waals surface area contributed by atoms with Crippen molar-refractivity contribution in [2.24, 2.45) is 0 Å². The van der Waals surface area contributed by atoms with E-state index in [0.717, 1.165) is 12.8 Å². The van der Waals surface area contributed by atoms with Gasteiger partial charge in [-0.2, -0.15) is 4.68 Å². The second-order valence-corrected chi connectivity index (χ2v) is 2.08. The Balaban J connectivity index is 2.57. The first-order chi connectivity index (χ1) is 4.84. The number of nitrogens with one attached hydrogen (secondary N) is 1. The molecule has 0 radical (unpaired) electrons. The van der Waals surface area contributed by atoms with Crippen LogP contribution in [0.5, 0.6) is 0 Å². The fraction of sp³-hybridized carbons (Fsp3) is 0.800. The Morgan fingerprint density at radius 1 is 1.70 bits per heavy atom. The number of hydrogen-bond acceptors (Lipinski definition) is 3. The van der Waals surface area contributed by atoms with Crippen LogP contribution in [0, 0.1) is 0 Å². The normalized spacial score (nSPS) is 10.1. The smallest absolute Gasteiger partial charge is 0.245 e. The lowest BCUT2D eigenvalue weighted by Crippen LogP contribution is -2.17. The van der Waals surface area contributed by atoms with Crippen molar-refractivity contribution >= 4 is 0 Å². The molecular formula is C5H10N4O. The summed E-state index contributed by atoms with van der Waals surface area (Å²) < 4.78 is 1.32. The van der Waals surface area contributed by atoms with Gasteiger partial charge in [-0.3, -0.25) is 0 Å². The summed E-state index contributed by atoms with van der Waals surface area (Å²) in [4.78, 5) is 10.7. The standard InChI is InChI=1S/C5H10N4O/c1-2-3-4-9-5(10)6-7-8-9/h2-4H2,1H3,(H,6,8,10). The van der Waals surface area contributed by atoms with Gasteiger partial charge >= 0.3 is 5.69 Å². The summed E-state index contributed by atoms with van der Waals surface area (Å²) in [5.74, 6) is 0. The van der Waals surface area contributed by atoms with E-state index in [1.807, 2.05) is 0 Å². The van der Waals surface area contributed by atoms with Crippen LogP contribution in [0.2, 0.25) is 0 Å². The van der Waals surface area contributed by atoms with Crippen LogP contribution in [0.4, 0.5) is 0 Å². The van der Waals surface area contributed by atoms with Gasteiger partial charge in [0.2, 0.25) is 0 Å². The van der Waals surface area contributed by atoms with Crippen LogP contribution >= 0.6 is 0 Å². The average molecular weight is 142 g/mol. The van der Waals surface area contributed by atoms with Crippen molar-refractivity contribution in [2.45, 2.75) is 26.3 Å². The zero-order valence-corrected chi connectivity index (χ0v) is 5.87. The molecule has 0 amide bonds. The van der Waals surface area contributed by atoms with Gasteiger partial charge in [-0.25, -0.2) is 9.89 Å². The number of aromatic nitrogens is 4. The van der Waals surface area contributed by atoms with Crippen LogP contribution in [-0.4, -0.2) is 20.2 Å². The molecule has 0 aliphatic heterocycles. The molecule has 1 aromatic heterocycles. The minimum atomic E-state index is -0.228. The van der Waals surface area contributed by atoms with Gasteiger partial charge in [0.15, 0.2) is 0 Å². The van der Waals surface area contributed by atoms with Crippen molar-refractivity contribution in [3.05, 3.63) is 10.5 Å². The average Bonchev–Trinajstić information content (AvgIpc) is 2.31. The molecule has 1 N–H and O–H groups in total. The molecule has 0 atom stereocenters. The fourth-order valence-electron chi connectivity index (χ4n) is 0.672. The van der Waals surface area contributed by atoms with Gasteiger partial charge in [0.05, 0.1) is 0 Å². The third-order valence-electron chi connectivity index (χ3n) is 1.26. The molecule has 10 heavy (non-hydrogen) atoms. The van der Waals surface area contributed by atoms with E-state index < -0.39 is 0 Å². The Morgan fingerprint density at radius 2 is 2.50 bits per heavy atom. The van der Waals surface area contributed by atoms with E-state index in [1.54, 1.807) is 0 Å². The van der Waals surface area contributed by atoms with Gasteiger partial charge in [-0.05, 0) is 16.8 Å². The third-order valence-corrected chi connectivity index (χ3v) is 1.26. The first-order valence-electron chi connectivity index (χ1n) is 3.32. The van der Waals surface area contributed by atoms with E-state index in [9.17, 15) is 4.79 Å². The summed E-state index contributed by atoms with van der Waals surface area (Å²) in [5.41, 5.74) is -0.228. The zero-order chi connectivity index (χ0) is 7.40. The number of aryl methyl sites for hydroxylation is 1. The first kappa shape index (κ1) is 6.98. The lowest BCUT2D eigenvalue weighted by molar-refractivity contribution is 0.540. The molecule has 0 aliphatic carbocycles. The first-order valence-corrected chi connectivity index (χ1v) is 3.32. The van der Waals surface area contributed by atoms with E-state index in [-0.39, 0.29) is 5.69 Å². The molecule has 0 saturated carbocycles. The van der Waals surface area contributed by atoms with Crippen LogP contribution in [0.15, 0.2) is 4.79 Å². The molecule has 56 valence electrons. The minimum absolute atomic E-state index is 0.228. The van der Waals surface area contributed by atoms with Crippen LogP contribution in [-0.2, 0) is 6.54 Å². The highest BCUT2D eigenvalue weighted by molar-refractivity contribution is 4.50. The predicted octanol–water partition coefficient (Wildman–Crippen LogP) is -0.233. The van der Waals surface area contributed by atoms with E-state index in [2.05, 4.69) is 22.4 Å². The molecule has 1 heterocycles. The van der Waals surface area contributed by atoms with Crippen LogP contribution in [0.25, 0.3) is 0 Å². The number of rotatable bonds is 3. The second kappa shape index (κ2) is 3.14. The lowest BCUT2D eigenvalue weighted by Gasteiger charge is -1.92. The molecule has 1 rings (SSSR count). The molecule has 1 aromatic rings. The highest BCUT2D eigenvalue weighted by Gasteiger charge is 1.95. The highest BCUT2D eigenvalue weighted by Crippen LogP contribution is 1.86. The summed E-state index contributed by atoms with van der Waals surface area (Å²) in [6.45, 7) is 2.72. The van der Waals surface area contributed by atoms with Crippen molar-refractivity contribution in [3.63, 3.8) is 0 Å². The lowest BCUT2D eigenvalue weighted by atomic mass is 10.3. The Bertz CT molecular complexity index is 238. The minimum Gasteiger partial charge on any atom is -0.245 e.